The van der Waals surface area contributed by atoms with Crippen LogP contribution < -0.4 is 10.5 Å². The summed E-state index contributed by atoms with van der Waals surface area (Å²) >= 11 is 14.7. The highest BCUT2D eigenvalue weighted by molar-refractivity contribution is 7.15. The molecule has 0 radical (unpaired) electrons. The van der Waals surface area contributed by atoms with Crippen molar-refractivity contribution in [3.63, 3.8) is 0 Å². The van der Waals surface area contributed by atoms with Gasteiger partial charge in [0.25, 0.3) is 0 Å². The van der Waals surface area contributed by atoms with Gasteiger partial charge < -0.3 is 10.5 Å². The van der Waals surface area contributed by atoms with E-state index in [0.29, 0.717) is 43.7 Å². The van der Waals surface area contributed by atoms with E-state index >= 15 is 0 Å². The summed E-state index contributed by atoms with van der Waals surface area (Å²) in [6.45, 7) is 3.89. The Labute approximate surface area is 206 Å². The van der Waals surface area contributed by atoms with Gasteiger partial charge in [0.05, 0.1) is 28.0 Å². The molecule has 0 aliphatic heterocycles. The van der Waals surface area contributed by atoms with Gasteiger partial charge in [0.15, 0.2) is 11.0 Å². The van der Waals surface area contributed by atoms with Gasteiger partial charge in [-0.2, -0.15) is 0 Å². The number of halogens is 2. The molecule has 3 aromatic heterocycles. The molecule has 4 aromatic rings. The average Bonchev–Trinajstić information content (AvgIpc) is 3.18. The molecule has 0 unspecified atom stereocenters. The standard InChI is InChI=1S/C23H22Cl2N6OS/c1-13(2)32-15-9-17(24)21(18(25)10-15)19-8-14(4-3-5-16-11-29-23(26)33-16)30-22(31-19)20-12-27-6-7-28-20/h6-13H,3-5H2,1-2H3,(H2,26,29). The second-order valence-electron chi connectivity index (χ2n) is 7.61. The van der Waals surface area contributed by atoms with Crippen molar-refractivity contribution in [3.05, 3.63) is 63.6 Å². The molecule has 0 bridgehead atoms. The summed E-state index contributed by atoms with van der Waals surface area (Å²) in [5.41, 5.74) is 8.40. The molecule has 1 aromatic carbocycles. The number of nitrogens with zero attached hydrogens (tertiary/aromatic N) is 5. The largest absolute Gasteiger partial charge is 0.491 e. The molecule has 7 nitrogen and oxygen atoms in total. The van der Waals surface area contributed by atoms with Crippen LogP contribution in [0.15, 0.2) is 43.0 Å². The summed E-state index contributed by atoms with van der Waals surface area (Å²) in [7, 11) is 0. The Morgan fingerprint density at radius 3 is 2.39 bits per heavy atom. The van der Waals surface area contributed by atoms with Crippen LogP contribution in [0.1, 0.15) is 30.8 Å². The monoisotopic (exact) mass is 500 g/mol. The van der Waals surface area contributed by atoms with Crippen molar-refractivity contribution in [3.8, 4) is 28.5 Å². The molecule has 170 valence electrons. The molecule has 2 N–H and O–H groups in total. The lowest BCUT2D eigenvalue weighted by Gasteiger charge is -2.14. The second-order valence-corrected chi connectivity index (χ2v) is 9.57. The van der Waals surface area contributed by atoms with Gasteiger partial charge in [-0.3, -0.25) is 4.98 Å². The molecule has 0 aliphatic carbocycles. The van der Waals surface area contributed by atoms with Crippen LogP contribution in [-0.4, -0.2) is 31.0 Å². The van der Waals surface area contributed by atoms with Gasteiger partial charge in [-0.1, -0.05) is 23.2 Å². The molecular formula is C23H22Cl2N6OS. The molecular weight excluding hydrogens is 479 g/mol. The third-order valence-corrected chi connectivity index (χ3v) is 6.13. The van der Waals surface area contributed by atoms with Gasteiger partial charge in [-0.05, 0) is 51.3 Å². The predicted molar refractivity (Wildman–Crippen MR) is 133 cm³/mol. The summed E-state index contributed by atoms with van der Waals surface area (Å²) < 4.78 is 5.75. The molecule has 0 spiro atoms. The van der Waals surface area contributed by atoms with Crippen molar-refractivity contribution in [2.75, 3.05) is 5.73 Å². The number of aromatic nitrogens is 5. The maximum Gasteiger partial charge on any atom is 0.180 e. The molecule has 10 heteroatoms. The lowest BCUT2D eigenvalue weighted by molar-refractivity contribution is 0.242. The number of hydrogen-bond acceptors (Lipinski definition) is 8. The van der Waals surface area contributed by atoms with E-state index in [1.165, 1.54) is 11.3 Å². The first-order chi connectivity index (χ1) is 15.9. The number of aryl methyl sites for hydroxylation is 2. The van der Waals surface area contributed by atoms with Crippen molar-refractivity contribution in [2.45, 2.75) is 39.2 Å². The molecule has 0 fully saturated rings. The topological polar surface area (TPSA) is 99.7 Å². The predicted octanol–water partition coefficient (Wildman–Crippen LogP) is 5.91. The van der Waals surface area contributed by atoms with E-state index < -0.39 is 0 Å². The van der Waals surface area contributed by atoms with E-state index in [4.69, 9.17) is 43.6 Å². The van der Waals surface area contributed by atoms with Crippen molar-refractivity contribution in [1.29, 1.82) is 0 Å². The first-order valence-corrected chi connectivity index (χ1v) is 12.0. The smallest absolute Gasteiger partial charge is 0.180 e. The van der Waals surface area contributed by atoms with Gasteiger partial charge in [0, 0.05) is 34.7 Å². The van der Waals surface area contributed by atoms with Gasteiger partial charge in [-0.25, -0.2) is 19.9 Å². The number of anilines is 1. The fourth-order valence-corrected chi connectivity index (χ4v) is 4.69. The van der Waals surface area contributed by atoms with E-state index in [1.807, 2.05) is 26.1 Å². The number of rotatable bonds is 8. The Morgan fingerprint density at radius 2 is 1.76 bits per heavy atom. The fourth-order valence-electron chi connectivity index (χ4n) is 3.30. The lowest BCUT2D eigenvalue weighted by Crippen LogP contribution is -2.06. The van der Waals surface area contributed by atoms with Crippen molar-refractivity contribution < 1.29 is 4.74 Å². The zero-order valence-electron chi connectivity index (χ0n) is 18.1. The van der Waals surface area contributed by atoms with Crippen molar-refractivity contribution >= 4 is 39.7 Å². The molecule has 0 amide bonds. The molecule has 0 saturated carbocycles. The Bertz CT molecular complexity index is 1230. The van der Waals surface area contributed by atoms with Gasteiger partial charge in [-0.15, -0.1) is 11.3 Å². The van der Waals surface area contributed by atoms with E-state index in [2.05, 4.69) is 15.0 Å². The first-order valence-electron chi connectivity index (χ1n) is 10.4. The van der Waals surface area contributed by atoms with E-state index in [0.717, 1.165) is 29.8 Å². The van der Waals surface area contributed by atoms with Crippen LogP contribution >= 0.6 is 34.5 Å². The normalized spacial score (nSPS) is 11.2. The van der Waals surface area contributed by atoms with Gasteiger partial charge in [0.2, 0.25) is 0 Å². The third kappa shape index (κ3) is 5.96. The lowest BCUT2D eigenvalue weighted by atomic mass is 10.1. The Balaban J connectivity index is 1.69. The zero-order valence-corrected chi connectivity index (χ0v) is 20.5. The van der Waals surface area contributed by atoms with Gasteiger partial charge >= 0.3 is 0 Å². The summed E-state index contributed by atoms with van der Waals surface area (Å²) in [6, 6.07) is 5.42. The first kappa shape index (κ1) is 23.4. The van der Waals surface area contributed by atoms with E-state index in [-0.39, 0.29) is 6.10 Å². The van der Waals surface area contributed by atoms with Crippen LogP contribution in [-0.2, 0) is 12.8 Å². The molecule has 0 aliphatic rings. The number of thiazole rings is 1. The number of benzene rings is 1. The summed E-state index contributed by atoms with van der Waals surface area (Å²) in [5, 5.41) is 1.48. The van der Waals surface area contributed by atoms with Crippen LogP contribution in [0.3, 0.4) is 0 Å². The highest BCUT2D eigenvalue weighted by Gasteiger charge is 2.17. The number of nitrogen functional groups attached to an aromatic ring is 1. The quantitative estimate of drug-likeness (QED) is 0.320. The van der Waals surface area contributed by atoms with Crippen LogP contribution in [0.25, 0.3) is 22.8 Å². The van der Waals surface area contributed by atoms with Crippen LogP contribution in [0.2, 0.25) is 10.0 Å². The van der Waals surface area contributed by atoms with Crippen LogP contribution in [0.5, 0.6) is 5.75 Å². The highest BCUT2D eigenvalue weighted by Crippen LogP contribution is 2.38. The minimum absolute atomic E-state index is 0.00536. The number of hydrogen-bond donors (Lipinski definition) is 1. The van der Waals surface area contributed by atoms with E-state index in [1.54, 1.807) is 30.7 Å². The molecule has 3 heterocycles. The maximum atomic E-state index is 6.62. The minimum atomic E-state index is 0.00536. The summed E-state index contributed by atoms with van der Waals surface area (Å²) in [4.78, 5) is 23.2. The third-order valence-electron chi connectivity index (χ3n) is 4.64. The minimum Gasteiger partial charge on any atom is -0.491 e. The SMILES string of the molecule is CC(C)Oc1cc(Cl)c(-c2cc(CCCc3cnc(N)s3)nc(-c3cnccn3)n2)c(Cl)c1. The molecule has 0 saturated heterocycles. The highest BCUT2D eigenvalue weighted by atomic mass is 35.5. The number of ether oxygens (including phenoxy) is 1. The number of nitrogens with two attached hydrogens (primary N) is 1. The fraction of sp³-hybridized carbons (Fsp3) is 0.261. The average molecular weight is 501 g/mol. The van der Waals surface area contributed by atoms with Crippen LogP contribution in [0, 0.1) is 0 Å². The maximum absolute atomic E-state index is 6.62. The Hall–Kier alpha value is -2.81. The second kappa shape index (κ2) is 10.4. The molecule has 4 rings (SSSR count). The Morgan fingerprint density at radius 1 is 0.970 bits per heavy atom. The van der Waals surface area contributed by atoms with Gasteiger partial charge in [0.1, 0.15) is 11.4 Å². The summed E-state index contributed by atoms with van der Waals surface area (Å²) in [6.07, 6.45) is 9.13. The summed E-state index contributed by atoms with van der Waals surface area (Å²) in [5.74, 6) is 1.07. The Kier molecular flexibility index (Phi) is 7.37. The van der Waals surface area contributed by atoms with E-state index in [9.17, 15) is 0 Å². The van der Waals surface area contributed by atoms with Crippen molar-refractivity contribution in [2.24, 2.45) is 0 Å². The zero-order chi connectivity index (χ0) is 23.4. The molecule has 33 heavy (non-hydrogen) atoms. The molecule has 0 atom stereocenters. The van der Waals surface area contributed by atoms with Crippen molar-refractivity contribution in [1.82, 2.24) is 24.9 Å². The van der Waals surface area contributed by atoms with Crippen LogP contribution in [0.4, 0.5) is 5.13 Å².